The van der Waals surface area contributed by atoms with Crippen molar-refractivity contribution in [1.82, 2.24) is 5.32 Å². The fraction of sp³-hybridized carbons (Fsp3) is 0.875. The predicted octanol–water partition coefficient (Wildman–Crippen LogP) is 4.39. The summed E-state index contributed by atoms with van der Waals surface area (Å²) < 4.78 is 0. The van der Waals surface area contributed by atoms with Gasteiger partial charge in [-0.3, -0.25) is 0 Å². The molecule has 1 nitrogen and oxygen atoms in total. The molecule has 2 unspecified atom stereocenters. The molecular formula is C16H31N. The molecule has 0 bridgehead atoms. The van der Waals surface area contributed by atoms with Crippen LogP contribution in [0.3, 0.4) is 0 Å². The Kier molecular flexibility index (Phi) is 6.87. The van der Waals surface area contributed by atoms with Crippen molar-refractivity contribution in [3.8, 4) is 0 Å². The first-order valence-electron chi connectivity index (χ1n) is 7.52. The number of nitrogens with one attached hydrogen (secondary N) is 1. The minimum absolute atomic E-state index is 0.753. The monoisotopic (exact) mass is 237 g/mol. The van der Waals surface area contributed by atoms with Crippen molar-refractivity contribution in [2.45, 2.75) is 59.8 Å². The van der Waals surface area contributed by atoms with Crippen molar-refractivity contribution in [2.24, 2.45) is 17.8 Å². The van der Waals surface area contributed by atoms with E-state index in [1.165, 1.54) is 32.1 Å². The minimum Gasteiger partial charge on any atom is -0.313 e. The highest BCUT2D eigenvalue weighted by Gasteiger charge is 2.17. The zero-order valence-corrected chi connectivity index (χ0v) is 12.3. The SMILES string of the molecule is CCC(=CC1CCCC(C)C1)CNCC(C)C. The van der Waals surface area contributed by atoms with Crippen LogP contribution in [0.1, 0.15) is 59.8 Å². The Balaban J connectivity index is 2.36. The number of allylic oxidation sites excluding steroid dienone is 1. The fourth-order valence-electron chi connectivity index (χ4n) is 2.79. The molecule has 0 aromatic heterocycles. The van der Waals surface area contributed by atoms with Crippen molar-refractivity contribution in [1.29, 1.82) is 0 Å². The van der Waals surface area contributed by atoms with Crippen LogP contribution < -0.4 is 5.32 Å². The summed E-state index contributed by atoms with van der Waals surface area (Å²) in [7, 11) is 0. The van der Waals surface area contributed by atoms with Gasteiger partial charge < -0.3 is 5.32 Å². The number of hydrogen-bond acceptors (Lipinski definition) is 1. The molecule has 0 saturated heterocycles. The second-order valence-electron chi connectivity index (χ2n) is 6.24. The minimum atomic E-state index is 0.753. The summed E-state index contributed by atoms with van der Waals surface area (Å²) >= 11 is 0. The number of hydrogen-bond donors (Lipinski definition) is 1. The van der Waals surface area contributed by atoms with E-state index in [9.17, 15) is 0 Å². The van der Waals surface area contributed by atoms with Gasteiger partial charge in [0.25, 0.3) is 0 Å². The Morgan fingerprint density at radius 1 is 1.35 bits per heavy atom. The van der Waals surface area contributed by atoms with Crippen LogP contribution in [0.25, 0.3) is 0 Å². The molecular weight excluding hydrogens is 206 g/mol. The van der Waals surface area contributed by atoms with E-state index in [1.807, 2.05) is 0 Å². The van der Waals surface area contributed by atoms with Crippen LogP contribution in [0.15, 0.2) is 11.6 Å². The van der Waals surface area contributed by atoms with E-state index in [4.69, 9.17) is 0 Å². The molecule has 0 aromatic carbocycles. The molecule has 2 atom stereocenters. The first kappa shape index (κ1) is 14.8. The Morgan fingerprint density at radius 3 is 2.71 bits per heavy atom. The van der Waals surface area contributed by atoms with Crippen molar-refractivity contribution >= 4 is 0 Å². The maximum atomic E-state index is 3.57. The van der Waals surface area contributed by atoms with Crippen LogP contribution >= 0.6 is 0 Å². The fourth-order valence-corrected chi connectivity index (χ4v) is 2.79. The molecule has 1 aliphatic carbocycles. The molecule has 0 spiro atoms. The molecule has 0 heterocycles. The van der Waals surface area contributed by atoms with Gasteiger partial charge in [-0.05, 0) is 43.6 Å². The summed E-state index contributed by atoms with van der Waals surface area (Å²) in [5.41, 5.74) is 1.62. The third kappa shape index (κ3) is 6.26. The zero-order valence-electron chi connectivity index (χ0n) is 12.3. The van der Waals surface area contributed by atoms with Crippen LogP contribution in [0, 0.1) is 17.8 Å². The van der Waals surface area contributed by atoms with E-state index in [0.717, 1.165) is 30.8 Å². The van der Waals surface area contributed by atoms with Gasteiger partial charge >= 0.3 is 0 Å². The largest absolute Gasteiger partial charge is 0.313 e. The average Bonchev–Trinajstić information content (AvgIpc) is 2.27. The summed E-state index contributed by atoms with van der Waals surface area (Å²) in [6.45, 7) is 11.5. The van der Waals surface area contributed by atoms with Gasteiger partial charge in [-0.25, -0.2) is 0 Å². The van der Waals surface area contributed by atoms with Crippen molar-refractivity contribution < 1.29 is 0 Å². The second-order valence-corrected chi connectivity index (χ2v) is 6.24. The van der Waals surface area contributed by atoms with Gasteiger partial charge in [-0.15, -0.1) is 0 Å². The molecule has 1 fully saturated rings. The predicted molar refractivity (Wildman–Crippen MR) is 77.2 cm³/mol. The van der Waals surface area contributed by atoms with Crippen molar-refractivity contribution in [3.63, 3.8) is 0 Å². The smallest absolute Gasteiger partial charge is 0.0164 e. The highest BCUT2D eigenvalue weighted by atomic mass is 14.9. The van der Waals surface area contributed by atoms with Crippen LogP contribution in [0.4, 0.5) is 0 Å². The molecule has 100 valence electrons. The summed E-state index contributed by atoms with van der Waals surface area (Å²) in [5, 5.41) is 3.57. The molecule has 0 radical (unpaired) electrons. The first-order chi connectivity index (χ1) is 8.11. The molecule has 1 aliphatic rings. The van der Waals surface area contributed by atoms with E-state index in [2.05, 4.69) is 39.1 Å². The van der Waals surface area contributed by atoms with Crippen LogP contribution in [-0.2, 0) is 0 Å². The lowest BCUT2D eigenvalue weighted by molar-refractivity contribution is 0.324. The lowest BCUT2D eigenvalue weighted by atomic mass is 9.81. The molecule has 1 saturated carbocycles. The van der Waals surface area contributed by atoms with E-state index >= 15 is 0 Å². The molecule has 1 heteroatoms. The van der Waals surface area contributed by atoms with Gasteiger partial charge in [0.15, 0.2) is 0 Å². The van der Waals surface area contributed by atoms with Gasteiger partial charge in [-0.1, -0.05) is 52.2 Å². The Labute approximate surface area is 108 Å². The highest BCUT2D eigenvalue weighted by Crippen LogP contribution is 2.30. The summed E-state index contributed by atoms with van der Waals surface area (Å²) in [4.78, 5) is 0. The summed E-state index contributed by atoms with van der Waals surface area (Å²) in [6.07, 6.45) is 9.47. The van der Waals surface area contributed by atoms with Gasteiger partial charge in [0.05, 0.1) is 0 Å². The molecule has 1 N–H and O–H groups in total. The van der Waals surface area contributed by atoms with E-state index in [-0.39, 0.29) is 0 Å². The third-order valence-corrected chi connectivity index (χ3v) is 3.81. The van der Waals surface area contributed by atoms with Gasteiger partial charge in [0, 0.05) is 6.54 Å². The first-order valence-corrected chi connectivity index (χ1v) is 7.52. The third-order valence-electron chi connectivity index (χ3n) is 3.81. The topological polar surface area (TPSA) is 12.0 Å². The lowest BCUT2D eigenvalue weighted by Crippen LogP contribution is -2.22. The second kappa shape index (κ2) is 7.92. The summed E-state index contributed by atoms with van der Waals surface area (Å²) in [6, 6.07) is 0. The maximum Gasteiger partial charge on any atom is 0.0164 e. The van der Waals surface area contributed by atoms with E-state index in [1.54, 1.807) is 5.57 Å². The van der Waals surface area contributed by atoms with Crippen LogP contribution in [0.5, 0.6) is 0 Å². The van der Waals surface area contributed by atoms with Crippen molar-refractivity contribution in [3.05, 3.63) is 11.6 Å². The quantitative estimate of drug-likeness (QED) is 0.675. The van der Waals surface area contributed by atoms with Gasteiger partial charge in [0.1, 0.15) is 0 Å². The zero-order chi connectivity index (χ0) is 12.7. The molecule has 17 heavy (non-hydrogen) atoms. The van der Waals surface area contributed by atoms with E-state index in [0.29, 0.717) is 0 Å². The summed E-state index contributed by atoms with van der Waals surface area (Å²) in [5.74, 6) is 2.55. The van der Waals surface area contributed by atoms with Crippen molar-refractivity contribution in [2.75, 3.05) is 13.1 Å². The standard InChI is InChI=1S/C16H31N/c1-5-15(12-17-11-13(2)3)10-16-8-6-7-14(4)9-16/h10,13-14,16-17H,5-9,11-12H2,1-4H3. The lowest BCUT2D eigenvalue weighted by Gasteiger charge is -2.25. The van der Waals surface area contributed by atoms with E-state index < -0.39 is 0 Å². The normalized spacial score (nSPS) is 26.5. The number of rotatable bonds is 6. The maximum absolute atomic E-state index is 3.57. The Morgan fingerprint density at radius 2 is 2.12 bits per heavy atom. The average molecular weight is 237 g/mol. The Bertz CT molecular complexity index is 230. The van der Waals surface area contributed by atoms with Gasteiger partial charge in [-0.2, -0.15) is 0 Å². The van der Waals surface area contributed by atoms with Crippen LogP contribution in [0.2, 0.25) is 0 Å². The Hall–Kier alpha value is -0.300. The molecule has 0 amide bonds. The highest BCUT2D eigenvalue weighted by molar-refractivity contribution is 5.06. The molecule has 0 aromatic rings. The van der Waals surface area contributed by atoms with Gasteiger partial charge in [0.2, 0.25) is 0 Å². The molecule has 1 rings (SSSR count). The molecule has 0 aliphatic heterocycles. The van der Waals surface area contributed by atoms with Crippen LogP contribution in [-0.4, -0.2) is 13.1 Å².